The normalized spacial score (nSPS) is 12.6. The highest BCUT2D eigenvalue weighted by molar-refractivity contribution is 9.10. The quantitative estimate of drug-likeness (QED) is 0.918. The van der Waals surface area contributed by atoms with Crippen molar-refractivity contribution in [1.82, 2.24) is 15.3 Å². The number of aryl methyl sites for hydroxylation is 1. The van der Waals surface area contributed by atoms with Gasteiger partial charge in [-0.2, -0.15) is 0 Å². The average molecular weight is 326 g/mol. The number of rotatable bonds is 5. The fourth-order valence-corrected chi connectivity index (χ4v) is 3.10. The zero-order valence-electron chi connectivity index (χ0n) is 10.5. The summed E-state index contributed by atoms with van der Waals surface area (Å²) >= 11 is 5.18. The molecule has 0 saturated heterocycles. The van der Waals surface area contributed by atoms with E-state index in [2.05, 4.69) is 42.7 Å². The first-order valence-corrected chi connectivity index (χ1v) is 7.52. The van der Waals surface area contributed by atoms with E-state index in [1.165, 1.54) is 10.6 Å². The molecule has 1 unspecified atom stereocenters. The molecule has 0 saturated carbocycles. The number of pyridine rings is 1. The van der Waals surface area contributed by atoms with E-state index < -0.39 is 0 Å². The number of likely N-dealkylation sites (N-methyl/N-ethyl adjacent to an activating group) is 1. The van der Waals surface area contributed by atoms with Crippen LogP contribution in [0.3, 0.4) is 0 Å². The molecule has 0 aliphatic rings. The van der Waals surface area contributed by atoms with Crippen LogP contribution in [0.1, 0.15) is 16.3 Å². The maximum absolute atomic E-state index is 4.51. The van der Waals surface area contributed by atoms with Crippen molar-refractivity contribution in [2.24, 2.45) is 0 Å². The van der Waals surface area contributed by atoms with Gasteiger partial charge in [0.25, 0.3) is 0 Å². The monoisotopic (exact) mass is 325 g/mol. The first kappa shape index (κ1) is 13.6. The van der Waals surface area contributed by atoms with Gasteiger partial charge in [0.05, 0.1) is 5.01 Å². The molecule has 2 aromatic rings. The van der Waals surface area contributed by atoms with E-state index in [-0.39, 0.29) is 0 Å². The maximum atomic E-state index is 4.51. The molecular weight excluding hydrogens is 310 g/mol. The standard InChI is InChI=1S/C13H16BrN3S/c1-9-8-18-13(17-9)5-12(15-2)4-10-3-11(14)7-16-6-10/h3,6-8,12,15H,4-5H2,1-2H3. The van der Waals surface area contributed by atoms with Gasteiger partial charge in [-0.25, -0.2) is 4.98 Å². The van der Waals surface area contributed by atoms with Crippen LogP contribution < -0.4 is 5.32 Å². The molecule has 2 aromatic heterocycles. The lowest BCUT2D eigenvalue weighted by Gasteiger charge is -2.14. The van der Waals surface area contributed by atoms with E-state index >= 15 is 0 Å². The lowest BCUT2D eigenvalue weighted by Crippen LogP contribution is -2.29. The zero-order chi connectivity index (χ0) is 13.0. The molecule has 96 valence electrons. The molecule has 3 nitrogen and oxygen atoms in total. The molecule has 0 amide bonds. The highest BCUT2D eigenvalue weighted by Crippen LogP contribution is 2.15. The van der Waals surface area contributed by atoms with Crippen LogP contribution in [0.4, 0.5) is 0 Å². The predicted octanol–water partition coefficient (Wildman–Crippen LogP) is 2.98. The van der Waals surface area contributed by atoms with Crippen LogP contribution in [-0.2, 0) is 12.8 Å². The number of nitrogens with zero attached hydrogens (tertiary/aromatic N) is 2. The van der Waals surface area contributed by atoms with Crippen molar-refractivity contribution in [3.05, 3.63) is 44.6 Å². The predicted molar refractivity (Wildman–Crippen MR) is 79.0 cm³/mol. The van der Waals surface area contributed by atoms with Gasteiger partial charge in [0.15, 0.2) is 0 Å². The Balaban J connectivity index is 2.01. The number of halogens is 1. The van der Waals surface area contributed by atoms with Gasteiger partial charge in [0.1, 0.15) is 0 Å². The van der Waals surface area contributed by atoms with Crippen molar-refractivity contribution in [2.45, 2.75) is 25.8 Å². The molecule has 0 spiro atoms. The number of aromatic nitrogens is 2. The summed E-state index contributed by atoms with van der Waals surface area (Å²) in [6.45, 7) is 2.03. The summed E-state index contributed by atoms with van der Waals surface area (Å²) in [4.78, 5) is 8.71. The molecule has 0 radical (unpaired) electrons. The summed E-state index contributed by atoms with van der Waals surface area (Å²) in [7, 11) is 2.00. The minimum absolute atomic E-state index is 0.395. The van der Waals surface area contributed by atoms with E-state index in [1.807, 2.05) is 26.4 Å². The van der Waals surface area contributed by atoms with Gasteiger partial charge in [-0.05, 0) is 48.0 Å². The number of hydrogen-bond acceptors (Lipinski definition) is 4. The molecule has 2 heterocycles. The van der Waals surface area contributed by atoms with Crippen molar-refractivity contribution < 1.29 is 0 Å². The molecule has 0 bridgehead atoms. The Bertz CT molecular complexity index is 512. The molecule has 18 heavy (non-hydrogen) atoms. The topological polar surface area (TPSA) is 37.8 Å². The smallest absolute Gasteiger partial charge is 0.0943 e. The summed E-state index contributed by atoms with van der Waals surface area (Å²) in [6, 6.07) is 2.51. The second kappa shape index (κ2) is 6.41. The summed E-state index contributed by atoms with van der Waals surface area (Å²) in [5.74, 6) is 0. The molecule has 5 heteroatoms. The van der Waals surface area contributed by atoms with Crippen LogP contribution in [0.25, 0.3) is 0 Å². The molecule has 2 rings (SSSR count). The van der Waals surface area contributed by atoms with Crippen molar-refractivity contribution >= 4 is 27.3 Å². The Hall–Kier alpha value is -0.780. The third-order valence-electron chi connectivity index (χ3n) is 2.74. The Morgan fingerprint density at radius 3 is 2.83 bits per heavy atom. The molecule has 0 aliphatic heterocycles. The van der Waals surface area contributed by atoms with E-state index in [9.17, 15) is 0 Å². The van der Waals surface area contributed by atoms with Crippen LogP contribution in [0, 0.1) is 6.92 Å². The van der Waals surface area contributed by atoms with E-state index in [0.717, 1.165) is 23.0 Å². The second-order valence-corrected chi connectivity index (χ2v) is 6.15. The number of nitrogens with one attached hydrogen (secondary N) is 1. The summed E-state index contributed by atoms with van der Waals surface area (Å²) in [5, 5.41) is 6.64. The van der Waals surface area contributed by atoms with Crippen LogP contribution in [0.5, 0.6) is 0 Å². The fourth-order valence-electron chi connectivity index (χ4n) is 1.84. The number of thiazole rings is 1. The van der Waals surface area contributed by atoms with E-state index in [0.29, 0.717) is 6.04 Å². The van der Waals surface area contributed by atoms with Crippen molar-refractivity contribution in [1.29, 1.82) is 0 Å². The van der Waals surface area contributed by atoms with Gasteiger partial charge in [0, 0.05) is 40.4 Å². The third-order valence-corrected chi connectivity index (χ3v) is 4.16. The second-order valence-electron chi connectivity index (χ2n) is 4.29. The van der Waals surface area contributed by atoms with Crippen LogP contribution >= 0.6 is 27.3 Å². The Labute approximate surface area is 120 Å². The van der Waals surface area contributed by atoms with Gasteiger partial charge in [0.2, 0.25) is 0 Å². The lowest BCUT2D eigenvalue weighted by molar-refractivity contribution is 0.554. The highest BCUT2D eigenvalue weighted by atomic mass is 79.9. The minimum atomic E-state index is 0.395. The molecule has 0 aromatic carbocycles. The molecule has 1 N–H and O–H groups in total. The maximum Gasteiger partial charge on any atom is 0.0943 e. The third kappa shape index (κ3) is 3.86. The zero-order valence-corrected chi connectivity index (χ0v) is 12.9. The van der Waals surface area contributed by atoms with Gasteiger partial charge in [-0.3, -0.25) is 4.98 Å². The van der Waals surface area contributed by atoms with Gasteiger partial charge in [-0.15, -0.1) is 11.3 Å². The van der Waals surface area contributed by atoms with Gasteiger partial charge in [-0.1, -0.05) is 0 Å². The molecular formula is C13H16BrN3S. The molecule has 0 aliphatic carbocycles. The first-order valence-electron chi connectivity index (χ1n) is 5.85. The molecule has 0 fully saturated rings. The summed E-state index contributed by atoms with van der Waals surface area (Å²) in [6.07, 6.45) is 5.65. The minimum Gasteiger partial charge on any atom is -0.316 e. The van der Waals surface area contributed by atoms with Crippen LogP contribution in [0.15, 0.2) is 28.3 Å². The van der Waals surface area contributed by atoms with Crippen molar-refractivity contribution in [3.8, 4) is 0 Å². The largest absolute Gasteiger partial charge is 0.316 e. The Kier molecular flexibility index (Phi) is 4.86. The average Bonchev–Trinajstić information content (AvgIpc) is 2.74. The molecule has 1 atom stereocenters. The van der Waals surface area contributed by atoms with Gasteiger partial charge < -0.3 is 5.32 Å². The van der Waals surface area contributed by atoms with Crippen molar-refractivity contribution in [3.63, 3.8) is 0 Å². The van der Waals surface area contributed by atoms with Crippen LogP contribution in [-0.4, -0.2) is 23.1 Å². The summed E-state index contributed by atoms with van der Waals surface area (Å²) in [5.41, 5.74) is 2.34. The van der Waals surface area contributed by atoms with E-state index in [1.54, 1.807) is 11.3 Å². The highest BCUT2D eigenvalue weighted by Gasteiger charge is 2.11. The Morgan fingerprint density at radius 1 is 1.39 bits per heavy atom. The van der Waals surface area contributed by atoms with Gasteiger partial charge >= 0.3 is 0 Å². The number of hydrogen-bond donors (Lipinski definition) is 1. The van der Waals surface area contributed by atoms with Crippen LogP contribution in [0.2, 0.25) is 0 Å². The van der Waals surface area contributed by atoms with E-state index in [4.69, 9.17) is 0 Å². The Morgan fingerprint density at radius 2 is 2.22 bits per heavy atom. The lowest BCUT2D eigenvalue weighted by atomic mass is 10.1. The summed E-state index contributed by atoms with van der Waals surface area (Å²) < 4.78 is 1.03. The first-order chi connectivity index (χ1) is 8.67. The van der Waals surface area contributed by atoms with Crippen molar-refractivity contribution in [2.75, 3.05) is 7.05 Å². The SMILES string of the molecule is CNC(Cc1cncc(Br)c1)Cc1nc(C)cs1. The fraction of sp³-hybridized carbons (Fsp3) is 0.385.